The maximum atomic E-state index is 5.75. The molecule has 126 valence electrons. The third kappa shape index (κ3) is 3.30. The molecule has 0 saturated carbocycles. The van der Waals surface area contributed by atoms with E-state index < -0.39 is 0 Å². The molecule has 5 heteroatoms. The first-order chi connectivity index (χ1) is 11.7. The van der Waals surface area contributed by atoms with Gasteiger partial charge in [0.25, 0.3) is 0 Å². The van der Waals surface area contributed by atoms with Crippen LogP contribution in [0.15, 0.2) is 36.4 Å². The van der Waals surface area contributed by atoms with E-state index in [1.807, 2.05) is 43.3 Å². The highest BCUT2D eigenvalue weighted by atomic mass is 16.5. The molecule has 0 amide bonds. The van der Waals surface area contributed by atoms with Crippen LogP contribution in [-0.2, 0) is 0 Å². The first-order valence-electron chi connectivity index (χ1n) is 8.19. The quantitative estimate of drug-likeness (QED) is 0.698. The number of aromatic nitrogens is 2. The Morgan fingerprint density at radius 3 is 2.62 bits per heavy atom. The summed E-state index contributed by atoms with van der Waals surface area (Å²) in [6, 6.07) is 11.7. The molecule has 0 aliphatic heterocycles. The van der Waals surface area contributed by atoms with Crippen molar-refractivity contribution in [1.29, 1.82) is 0 Å². The summed E-state index contributed by atoms with van der Waals surface area (Å²) in [4.78, 5) is 7.98. The van der Waals surface area contributed by atoms with Gasteiger partial charge >= 0.3 is 0 Å². The van der Waals surface area contributed by atoms with Crippen molar-refractivity contribution in [3.05, 3.63) is 36.4 Å². The summed E-state index contributed by atoms with van der Waals surface area (Å²) in [5.74, 6) is 3.10. The summed E-state index contributed by atoms with van der Waals surface area (Å²) in [5, 5.41) is 0. The third-order valence-electron chi connectivity index (χ3n) is 3.67. The summed E-state index contributed by atoms with van der Waals surface area (Å²) in [5.41, 5.74) is 2.79. The number of rotatable bonds is 7. The van der Waals surface area contributed by atoms with Gasteiger partial charge in [-0.1, -0.05) is 6.92 Å². The second kappa shape index (κ2) is 7.25. The number of hydrogen-bond donors (Lipinski definition) is 1. The SMILES string of the molecule is CCCOc1ccc(-c2nc3ccc(OC)cc3[nH]2)cc1OCC. The maximum absolute atomic E-state index is 5.75. The number of imidazole rings is 1. The lowest BCUT2D eigenvalue weighted by atomic mass is 10.2. The number of aromatic amines is 1. The fourth-order valence-corrected chi connectivity index (χ4v) is 2.51. The first-order valence-corrected chi connectivity index (χ1v) is 8.19. The number of hydrogen-bond acceptors (Lipinski definition) is 4. The highest BCUT2D eigenvalue weighted by Crippen LogP contribution is 2.33. The van der Waals surface area contributed by atoms with Crippen molar-refractivity contribution >= 4 is 11.0 Å². The number of nitrogens with zero attached hydrogens (tertiary/aromatic N) is 1. The van der Waals surface area contributed by atoms with Gasteiger partial charge in [0.05, 0.1) is 31.4 Å². The predicted octanol–water partition coefficient (Wildman–Crippen LogP) is 4.43. The molecule has 24 heavy (non-hydrogen) atoms. The van der Waals surface area contributed by atoms with Crippen LogP contribution in [0, 0.1) is 0 Å². The number of fused-ring (bicyclic) bond motifs is 1. The van der Waals surface area contributed by atoms with Crippen LogP contribution in [0.4, 0.5) is 0 Å². The molecule has 0 aliphatic rings. The normalized spacial score (nSPS) is 10.8. The highest BCUT2D eigenvalue weighted by molar-refractivity contribution is 5.81. The molecular weight excluding hydrogens is 304 g/mol. The lowest BCUT2D eigenvalue weighted by molar-refractivity contribution is 0.277. The van der Waals surface area contributed by atoms with Gasteiger partial charge in [-0.25, -0.2) is 4.98 Å². The van der Waals surface area contributed by atoms with Crippen molar-refractivity contribution in [2.75, 3.05) is 20.3 Å². The van der Waals surface area contributed by atoms with E-state index in [0.29, 0.717) is 13.2 Å². The van der Waals surface area contributed by atoms with E-state index in [4.69, 9.17) is 14.2 Å². The molecular formula is C19H22N2O3. The van der Waals surface area contributed by atoms with Gasteiger partial charge in [0, 0.05) is 11.6 Å². The van der Waals surface area contributed by atoms with Crippen molar-refractivity contribution in [2.24, 2.45) is 0 Å². The van der Waals surface area contributed by atoms with E-state index in [1.54, 1.807) is 7.11 Å². The average Bonchev–Trinajstić information content (AvgIpc) is 3.04. The molecule has 0 aliphatic carbocycles. The van der Waals surface area contributed by atoms with Crippen LogP contribution in [-0.4, -0.2) is 30.3 Å². The number of H-pyrrole nitrogens is 1. The number of ether oxygens (including phenoxy) is 3. The zero-order chi connectivity index (χ0) is 16.9. The van der Waals surface area contributed by atoms with Gasteiger partial charge in [0.2, 0.25) is 0 Å². The van der Waals surface area contributed by atoms with Crippen LogP contribution < -0.4 is 14.2 Å². The smallest absolute Gasteiger partial charge is 0.161 e. The summed E-state index contributed by atoms with van der Waals surface area (Å²) >= 11 is 0. The topological polar surface area (TPSA) is 56.4 Å². The van der Waals surface area contributed by atoms with Crippen molar-refractivity contribution in [2.45, 2.75) is 20.3 Å². The lowest BCUT2D eigenvalue weighted by Gasteiger charge is -2.12. The summed E-state index contributed by atoms with van der Waals surface area (Å²) in [7, 11) is 1.65. The Morgan fingerprint density at radius 2 is 1.88 bits per heavy atom. The van der Waals surface area contributed by atoms with Crippen LogP contribution in [0.5, 0.6) is 17.2 Å². The standard InChI is InChI=1S/C19H22N2O3/c1-4-10-24-17-9-6-13(11-18(17)23-5-2)19-20-15-8-7-14(22-3)12-16(15)21-19/h6-9,11-12H,4-5,10H2,1-3H3,(H,20,21). The predicted molar refractivity (Wildman–Crippen MR) is 95.0 cm³/mol. The van der Waals surface area contributed by atoms with Gasteiger partial charge in [0.1, 0.15) is 11.6 Å². The monoisotopic (exact) mass is 326 g/mol. The van der Waals surface area contributed by atoms with E-state index >= 15 is 0 Å². The zero-order valence-electron chi connectivity index (χ0n) is 14.3. The van der Waals surface area contributed by atoms with Crippen molar-refractivity contribution in [3.8, 4) is 28.6 Å². The molecule has 0 atom stereocenters. The zero-order valence-corrected chi connectivity index (χ0v) is 14.3. The minimum absolute atomic E-state index is 0.587. The Kier molecular flexibility index (Phi) is 4.89. The van der Waals surface area contributed by atoms with Crippen molar-refractivity contribution in [3.63, 3.8) is 0 Å². The van der Waals surface area contributed by atoms with Crippen LogP contribution in [0.1, 0.15) is 20.3 Å². The molecule has 0 spiro atoms. The fourth-order valence-electron chi connectivity index (χ4n) is 2.51. The first kappa shape index (κ1) is 16.2. The van der Waals surface area contributed by atoms with Gasteiger partial charge in [0.15, 0.2) is 11.5 Å². The number of methoxy groups -OCH3 is 1. The molecule has 0 radical (unpaired) electrons. The Balaban J connectivity index is 1.97. The third-order valence-corrected chi connectivity index (χ3v) is 3.67. The number of nitrogens with one attached hydrogen (secondary N) is 1. The van der Waals surface area contributed by atoms with Crippen LogP contribution in [0.3, 0.4) is 0 Å². The van der Waals surface area contributed by atoms with Gasteiger partial charge in [-0.05, 0) is 43.7 Å². The Labute approximate surface area is 141 Å². The molecule has 0 saturated heterocycles. The van der Waals surface area contributed by atoms with Gasteiger partial charge in [-0.15, -0.1) is 0 Å². The van der Waals surface area contributed by atoms with Gasteiger partial charge < -0.3 is 19.2 Å². The van der Waals surface area contributed by atoms with Gasteiger partial charge in [-0.3, -0.25) is 0 Å². The summed E-state index contributed by atoms with van der Waals surface area (Å²) < 4.78 is 16.7. The van der Waals surface area contributed by atoms with Gasteiger partial charge in [-0.2, -0.15) is 0 Å². The van der Waals surface area contributed by atoms with E-state index in [0.717, 1.165) is 46.1 Å². The average molecular weight is 326 g/mol. The number of benzene rings is 2. The molecule has 3 rings (SSSR count). The van der Waals surface area contributed by atoms with E-state index in [9.17, 15) is 0 Å². The van der Waals surface area contributed by atoms with Crippen LogP contribution >= 0.6 is 0 Å². The van der Waals surface area contributed by atoms with Crippen LogP contribution in [0.25, 0.3) is 22.4 Å². The summed E-state index contributed by atoms with van der Waals surface area (Å²) in [6.45, 7) is 5.30. The molecule has 5 nitrogen and oxygen atoms in total. The highest BCUT2D eigenvalue weighted by Gasteiger charge is 2.11. The van der Waals surface area contributed by atoms with Crippen molar-refractivity contribution in [1.82, 2.24) is 9.97 Å². The second-order valence-electron chi connectivity index (χ2n) is 5.41. The molecule has 1 heterocycles. The molecule has 3 aromatic rings. The van der Waals surface area contributed by atoms with E-state index in [1.165, 1.54) is 0 Å². The second-order valence-corrected chi connectivity index (χ2v) is 5.41. The van der Waals surface area contributed by atoms with E-state index in [2.05, 4.69) is 16.9 Å². The molecule has 0 unspecified atom stereocenters. The molecule has 0 fully saturated rings. The summed E-state index contributed by atoms with van der Waals surface area (Å²) in [6.07, 6.45) is 0.957. The van der Waals surface area contributed by atoms with E-state index in [-0.39, 0.29) is 0 Å². The maximum Gasteiger partial charge on any atom is 0.161 e. The Hall–Kier alpha value is -2.69. The molecule has 2 aromatic carbocycles. The fraction of sp³-hybridized carbons (Fsp3) is 0.316. The minimum Gasteiger partial charge on any atom is -0.497 e. The largest absolute Gasteiger partial charge is 0.497 e. The molecule has 1 aromatic heterocycles. The minimum atomic E-state index is 0.587. The molecule has 1 N–H and O–H groups in total. The Bertz CT molecular complexity index is 827. The Morgan fingerprint density at radius 1 is 1.00 bits per heavy atom. The molecule has 0 bridgehead atoms. The van der Waals surface area contributed by atoms with Crippen LogP contribution in [0.2, 0.25) is 0 Å². The van der Waals surface area contributed by atoms with Crippen molar-refractivity contribution < 1.29 is 14.2 Å². The lowest BCUT2D eigenvalue weighted by Crippen LogP contribution is -2.00.